The number of rotatable bonds is 2. The van der Waals surface area contributed by atoms with E-state index >= 15 is 0 Å². The van der Waals surface area contributed by atoms with Crippen LogP contribution in [0.4, 0.5) is 0 Å². The summed E-state index contributed by atoms with van der Waals surface area (Å²) in [7, 11) is 0. The maximum Gasteiger partial charge on any atom is 0.155 e. The maximum absolute atomic E-state index is 12.5. The zero-order chi connectivity index (χ0) is 16.2. The van der Waals surface area contributed by atoms with E-state index in [0.717, 1.165) is 44.3 Å². The molecule has 5 atom stereocenters. The monoisotopic (exact) mass is 332 g/mol. The highest BCUT2D eigenvalue weighted by atomic mass is 32.1. The summed E-state index contributed by atoms with van der Waals surface area (Å²) in [6, 6.07) is 0. The summed E-state index contributed by atoms with van der Waals surface area (Å²) in [5.41, 5.74) is 1.59. The summed E-state index contributed by atoms with van der Waals surface area (Å²) in [4.78, 5) is 24.4. The van der Waals surface area contributed by atoms with Crippen LogP contribution in [0.15, 0.2) is 11.6 Å². The SMILES string of the molecule is C[C@]12CC[C@@H]3[C@@H](CCC4=CC(=O)CC[C@@]43CCS)[C@@H]1CCC2=O. The van der Waals surface area contributed by atoms with Crippen LogP contribution in [0.3, 0.4) is 0 Å². The van der Waals surface area contributed by atoms with Crippen LogP contribution in [0.2, 0.25) is 0 Å². The normalized spacial score (nSPS) is 46.0. The van der Waals surface area contributed by atoms with Crippen LogP contribution < -0.4 is 0 Å². The largest absolute Gasteiger partial charge is 0.299 e. The Kier molecular flexibility index (Phi) is 3.79. The first kappa shape index (κ1) is 15.9. The Bertz CT molecular complexity index is 580. The zero-order valence-corrected chi connectivity index (χ0v) is 15.0. The number of Topliss-reactive ketones (excluding diaryl/α,β-unsaturated/α-hetero) is 1. The minimum absolute atomic E-state index is 0.0466. The predicted octanol–water partition coefficient (Wildman–Crippen LogP) is 4.39. The van der Waals surface area contributed by atoms with Gasteiger partial charge in [-0.3, -0.25) is 9.59 Å². The molecular formula is C20H28O2S. The van der Waals surface area contributed by atoms with Gasteiger partial charge < -0.3 is 0 Å². The molecule has 0 heterocycles. The standard InChI is InChI=1S/C20H28O2S/c1-19-8-7-17-15(16(19)4-5-18(19)22)3-2-13-12-14(21)6-9-20(13,17)10-11-23/h12,15-17,23H,2-11H2,1H3/t15-,16-,17+,19-,20+/m0/s1. The van der Waals surface area contributed by atoms with Gasteiger partial charge in [-0.1, -0.05) is 12.5 Å². The van der Waals surface area contributed by atoms with E-state index in [1.807, 2.05) is 6.08 Å². The van der Waals surface area contributed by atoms with Crippen molar-refractivity contribution in [1.82, 2.24) is 0 Å². The van der Waals surface area contributed by atoms with Gasteiger partial charge in [0.2, 0.25) is 0 Å². The molecule has 3 fully saturated rings. The number of allylic oxidation sites excluding steroid dienone is 1. The van der Waals surface area contributed by atoms with Crippen molar-refractivity contribution < 1.29 is 9.59 Å². The molecule has 3 saturated carbocycles. The molecule has 0 radical (unpaired) electrons. The average Bonchev–Trinajstić information content (AvgIpc) is 2.84. The lowest BCUT2D eigenvalue weighted by atomic mass is 9.46. The Hall–Kier alpha value is -0.570. The molecule has 23 heavy (non-hydrogen) atoms. The summed E-state index contributed by atoms with van der Waals surface area (Å²) in [6.07, 6.45) is 11.2. The van der Waals surface area contributed by atoms with E-state index in [1.165, 1.54) is 18.4 Å². The second kappa shape index (κ2) is 5.47. The number of carbonyl (C=O) groups is 2. The Balaban J connectivity index is 1.72. The molecule has 0 aromatic heterocycles. The number of hydrogen-bond donors (Lipinski definition) is 1. The third kappa shape index (κ3) is 2.14. The highest BCUT2D eigenvalue weighted by Crippen LogP contribution is 2.65. The highest BCUT2D eigenvalue weighted by Gasteiger charge is 2.59. The molecule has 0 unspecified atom stereocenters. The molecule has 4 aliphatic rings. The Morgan fingerprint density at radius 3 is 2.70 bits per heavy atom. The topological polar surface area (TPSA) is 34.1 Å². The molecule has 2 nitrogen and oxygen atoms in total. The van der Waals surface area contributed by atoms with Crippen molar-refractivity contribution in [2.24, 2.45) is 28.6 Å². The van der Waals surface area contributed by atoms with E-state index in [4.69, 9.17) is 0 Å². The minimum Gasteiger partial charge on any atom is -0.299 e. The smallest absolute Gasteiger partial charge is 0.155 e. The molecule has 0 saturated heterocycles. The summed E-state index contributed by atoms with van der Waals surface area (Å²) in [6.45, 7) is 2.24. The lowest BCUT2D eigenvalue weighted by Crippen LogP contribution is -2.51. The molecule has 126 valence electrons. The van der Waals surface area contributed by atoms with Crippen LogP contribution in [0.1, 0.15) is 64.7 Å². The van der Waals surface area contributed by atoms with Crippen molar-refractivity contribution >= 4 is 24.2 Å². The summed E-state index contributed by atoms with van der Waals surface area (Å²) in [5.74, 6) is 3.69. The van der Waals surface area contributed by atoms with E-state index in [0.29, 0.717) is 35.7 Å². The first-order chi connectivity index (χ1) is 11.0. The molecule has 0 spiro atoms. The third-order valence-corrected chi connectivity index (χ3v) is 8.18. The molecule has 0 amide bonds. The van der Waals surface area contributed by atoms with Gasteiger partial charge in [-0.05, 0) is 79.9 Å². The number of thiol groups is 1. The zero-order valence-electron chi connectivity index (χ0n) is 14.1. The summed E-state index contributed by atoms with van der Waals surface area (Å²) >= 11 is 4.56. The summed E-state index contributed by atoms with van der Waals surface area (Å²) in [5, 5.41) is 0. The Morgan fingerprint density at radius 2 is 1.91 bits per heavy atom. The van der Waals surface area contributed by atoms with Crippen molar-refractivity contribution in [2.75, 3.05) is 5.75 Å². The predicted molar refractivity (Wildman–Crippen MR) is 94.5 cm³/mol. The fourth-order valence-corrected chi connectivity index (χ4v) is 7.20. The van der Waals surface area contributed by atoms with Crippen LogP contribution in [-0.2, 0) is 9.59 Å². The van der Waals surface area contributed by atoms with E-state index in [-0.39, 0.29) is 10.8 Å². The third-order valence-electron chi connectivity index (χ3n) is 7.95. The van der Waals surface area contributed by atoms with Gasteiger partial charge in [-0.25, -0.2) is 0 Å². The maximum atomic E-state index is 12.5. The molecule has 3 heteroatoms. The van der Waals surface area contributed by atoms with Crippen LogP contribution in [-0.4, -0.2) is 17.3 Å². The van der Waals surface area contributed by atoms with Crippen molar-refractivity contribution in [3.63, 3.8) is 0 Å². The van der Waals surface area contributed by atoms with Crippen LogP contribution in [0, 0.1) is 28.6 Å². The highest BCUT2D eigenvalue weighted by molar-refractivity contribution is 7.80. The van der Waals surface area contributed by atoms with Crippen molar-refractivity contribution in [3.05, 3.63) is 11.6 Å². The lowest BCUT2D eigenvalue weighted by Gasteiger charge is -2.58. The number of hydrogen-bond acceptors (Lipinski definition) is 3. The van der Waals surface area contributed by atoms with Gasteiger partial charge in [0.1, 0.15) is 5.78 Å². The molecule has 0 N–H and O–H groups in total. The molecule has 4 rings (SSSR count). The number of fused-ring (bicyclic) bond motifs is 5. The first-order valence-corrected chi connectivity index (χ1v) is 10.0. The van der Waals surface area contributed by atoms with Crippen molar-refractivity contribution in [3.8, 4) is 0 Å². The van der Waals surface area contributed by atoms with E-state index in [2.05, 4.69) is 19.6 Å². The molecular weight excluding hydrogens is 304 g/mol. The number of carbonyl (C=O) groups excluding carboxylic acids is 2. The van der Waals surface area contributed by atoms with Crippen molar-refractivity contribution in [2.45, 2.75) is 64.7 Å². The molecule has 0 aliphatic heterocycles. The quantitative estimate of drug-likeness (QED) is 0.761. The fourth-order valence-electron chi connectivity index (χ4n) is 6.80. The van der Waals surface area contributed by atoms with Gasteiger partial charge in [0.25, 0.3) is 0 Å². The average molecular weight is 333 g/mol. The fraction of sp³-hybridized carbons (Fsp3) is 0.800. The van der Waals surface area contributed by atoms with Gasteiger partial charge in [-0.2, -0.15) is 12.6 Å². The molecule has 0 aromatic rings. The van der Waals surface area contributed by atoms with Crippen LogP contribution >= 0.6 is 12.6 Å². The van der Waals surface area contributed by atoms with Crippen LogP contribution in [0.5, 0.6) is 0 Å². The molecule has 0 bridgehead atoms. The second-order valence-electron chi connectivity index (χ2n) is 8.60. The van der Waals surface area contributed by atoms with Gasteiger partial charge in [0, 0.05) is 18.3 Å². The minimum atomic E-state index is -0.0466. The van der Waals surface area contributed by atoms with Gasteiger partial charge in [0.15, 0.2) is 5.78 Å². The van der Waals surface area contributed by atoms with Crippen LogP contribution in [0.25, 0.3) is 0 Å². The lowest BCUT2D eigenvalue weighted by molar-refractivity contribution is -0.133. The van der Waals surface area contributed by atoms with Gasteiger partial charge in [0.05, 0.1) is 0 Å². The second-order valence-corrected chi connectivity index (χ2v) is 9.05. The Labute approximate surface area is 144 Å². The van der Waals surface area contributed by atoms with E-state index in [9.17, 15) is 9.59 Å². The van der Waals surface area contributed by atoms with E-state index in [1.54, 1.807) is 0 Å². The summed E-state index contributed by atoms with van der Waals surface area (Å²) < 4.78 is 0. The Morgan fingerprint density at radius 1 is 1.09 bits per heavy atom. The van der Waals surface area contributed by atoms with Gasteiger partial charge >= 0.3 is 0 Å². The number of ketones is 2. The van der Waals surface area contributed by atoms with Crippen molar-refractivity contribution in [1.29, 1.82) is 0 Å². The molecule has 0 aromatic carbocycles. The van der Waals surface area contributed by atoms with Gasteiger partial charge in [-0.15, -0.1) is 0 Å². The molecule has 4 aliphatic carbocycles. The van der Waals surface area contributed by atoms with E-state index < -0.39 is 0 Å². The first-order valence-electron chi connectivity index (χ1n) is 9.39.